The predicted molar refractivity (Wildman–Crippen MR) is 87.7 cm³/mol. The van der Waals surface area contributed by atoms with Gasteiger partial charge in [0.05, 0.1) is 4.90 Å². The molecule has 1 aromatic rings. The van der Waals surface area contributed by atoms with Crippen molar-refractivity contribution in [2.45, 2.75) is 30.2 Å². The number of rotatable bonds is 8. The Kier molecular flexibility index (Phi) is 5.96. The van der Waals surface area contributed by atoms with Crippen molar-refractivity contribution in [3.63, 3.8) is 0 Å². The van der Waals surface area contributed by atoms with Crippen molar-refractivity contribution in [3.8, 4) is 0 Å². The number of hydrogen-bond acceptors (Lipinski definition) is 4. The highest BCUT2D eigenvalue weighted by Crippen LogP contribution is 2.32. The maximum atomic E-state index is 12.0. The summed E-state index contributed by atoms with van der Waals surface area (Å²) < 4.78 is 27.3. The van der Waals surface area contributed by atoms with E-state index in [0.717, 1.165) is 17.3 Å². The van der Waals surface area contributed by atoms with Crippen LogP contribution in [0.2, 0.25) is 0 Å². The van der Waals surface area contributed by atoms with Gasteiger partial charge in [0.1, 0.15) is 0 Å². The smallest absolute Gasteiger partial charge is 0.240 e. The summed E-state index contributed by atoms with van der Waals surface area (Å²) in [7, 11) is -3.59. The zero-order chi connectivity index (χ0) is 16.2. The topological polar surface area (TPSA) is 101 Å². The van der Waals surface area contributed by atoms with Crippen molar-refractivity contribution in [1.82, 2.24) is 10.0 Å². The van der Waals surface area contributed by atoms with Crippen LogP contribution >= 0.6 is 15.9 Å². The molecule has 6 nitrogen and oxygen atoms in total. The highest BCUT2D eigenvalue weighted by Gasteiger charge is 2.31. The van der Waals surface area contributed by atoms with Gasteiger partial charge in [-0.15, -0.1) is 0 Å². The standard InChI is InChI=1S/C14H20BrN3O3S/c15-11-3-5-12(6-4-11)22(20,21)17-8-7-14(19)18-13(9-16)10-1-2-10/h3-6,10,13,17H,1-2,7-9,16H2,(H,18,19). The summed E-state index contributed by atoms with van der Waals surface area (Å²) in [5.74, 6) is 0.300. The predicted octanol–water partition coefficient (Wildman–Crippen LogP) is 0.971. The lowest BCUT2D eigenvalue weighted by molar-refractivity contribution is -0.121. The molecule has 1 unspecified atom stereocenters. The minimum atomic E-state index is -3.59. The molecule has 1 saturated carbocycles. The lowest BCUT2D eigenvalue weighted by Gasteiger charge is -2.16. The van der Waals surface area contributed by atoms with Gasteiger partial charge in [0, 0.05) is 30.0 Å². The number of nitrogens with two attached hydrogens (primary N) is 1. The molecule has 0 saturated heterocycles. The highest BCUT2D eigenvalue weighted by atomic mass is 79.9. The molecule has 1 aliphatic rings. The van der Waals surface area contributed by atoms with Gasteiger partial charge in [-0.2, -0.15) is 0 Å². The van der Waals surface area contributed by atoms with Crippen LogP contribution in [0, 0.1) is 5.92 Å². The maximum Gasteiger partial charge on any atom is 0.240 e. The second-order valence-corrected chi connectivity index (χ2v) is 8.03. The molecule has 0 spiro atoms. The summed E-state index contributed by atoms with van der Waals surface area (Å²) >= 11 is 3.25. The average molecular weight is 390 g/mol. The average Bonchev–Trinajstić information content (AvgIpc) is 3.29. The van der Waals surface area contributed by atoms with E-state index in [4.69, 9.17) is 5.73 Å². The Labute approximate surface area is 139 Å². The Balaban J connectivity index is 1.79. The van der Waals surface area contributed by atoms with Crippen LogP contribution in [0.3, 0.4) is 0 Å². The van der Waals surface area contributed by atoms with E-state index in [0.29, 0.717) is 12.5 Å². The van der Waals surface area contributed by atoms with Gasteiger partial charge in [0.15, 0.2) is 0 Å². The third-order valence-electron chi connectivity index (χ3n) is 3.56. The minimum Gasteiger partial charge on any atom is -0.352 e. The van der Waals surface area contributed by atoms with Crippen molar-refractivity contribution >= 4 is 31.9 Å². The van der Waals surface area contributed by atoms with E-state index in [1.807, 2.05) is 0 Å². The number of carbonyl (C=O) groups is 1. The third-order valence-corrected chi connectivity index (χ3v) is 5.57. The number of amides is 1. The lowest BCUT2D eigenvalue weighted by atomic mass is 10.2. The fraction of sp³-hybridized carbons (Fsp3) is 0.500. The molecule has 1 aromatic carbocycles. The molecule has 2 rings (SSSR count). The summed E-state index contributed by atoms with van der Waals surface area (Å²) in [6.45, 7) is 0.479. The van der Waals surface area contributed by atoms with E-state index in [1.54, 1.807) is 12.1 Å². The van der Waals surface area contributed by atoms with Crippen LogP contribution in [0.15, 0.2) is 33.6 Å². The third kappa shape index (κ3) is 5.05. The fourth-order valence-electron chi connectivity index (χ4n) is 2.14. The number of hydrogen-bond donors (Lipinski definition) is 3. The number of carbonyl (C=O) groups excluding carboxylic acids is 1. The van der Waals surface area contributed by atoms with Crippen molar-refractivity contribution < 1.29 is 13.2 Å². The van der Waals surface area contributed by atoms with Gasteiger partial charge in [-0.3, -0.25) is 4.79 Å². The van der Waals surface area contributed by atoms with Crippen LogP contribution < -0.4 is 15.8 Å². The first-order valence-corrected chi connectivity index (χ1v) is 9.44. The monoisotopic (exact) mass is 389 g/mol. The summed E-state index contributed by atoms with van der Waals surface area (Å²) in [5.41, 5.74) is 5.62. The molecule has 122 valence electrons. The van der Waals surface area contributed by atoms with Gasteiger partial charge in [0.2, 0.25) is 15.9 Å². The number of sulfonamides is 1. The van der Waals surface area contributed by atoms with Crippen LogP contribution in [-0.2, 0) is 14.8 Å². The molecule has 0 radical (unpaired) electrons. The molecule has 1 amide bonds. The van der Waals surface area contributed by atoms with Crippen LogP contribution in [-0.4, -0.2) is 33.5 Å². The molecule has 1 fully saturated rings. The molecular formula is C14H20BrN3O3S. The highest BCUT2D eigenvalue weighted by molar-refractivity contribution is 9.10. The second kappa shape index (κ2) is 7.54. The van der Waals surface area contributed by atoms with E-state index in [-0.39, 0.29) is 29.8 Å². The van der Waals surface area contributed by atoms with Crippen LogP contribution in [0.4, 0.5) is 0 Å². The first-order chi connectivity index (χ1) is 10.4. The van der Waals surface area contributed by atoms with Crippen LogP contribution in [0.5, 0.6) is 0 Å². The molecule has 1 aliphatic carbocycles. The van der Waals surface area contributed by atoms with Crippen LogP contribution in [0.25, 0.3) is 0 Å². The zero-order valence-electron chi connectivity index (χ0n) is 12.1. The molecule has 0 bridgehead atoms. The van der Waals surface area contributed by atoms with Gasteiger partial charge in [-0.05, 0) is 43.0 Å². The van der Waals surface area contributed by atoms with Crippen molar-refractivity contribution in [3.05, 3.63) is 28.7 Å². The van der Waals surface area contributed by atoms with E-state index in [1.165, 1.54) is 12.1 Å². The van der Waals surface area contributed by atoms with Crippen molar-refractivity contribution in [2.75, 3.05) is 13.1 Å². The van der Waals surface area contributed by atoms with Crippen molar-refractivity contribution in [2.24, 2.45) is 11.7 Å². The zero-order valence-corrected chi connectivity index (χ0v) is 14.5. The number of nitrogens with one attached hydrogen (secondary N) is 2. The molecule has 8 heteroatoms. The molecule has 4 N–H and O–H groups in total. The number of halogens is 1. The SMILES string of the molecule is NCC(NC(=O)CCNS(=O)(=O)c1ccc(Br)cc1)C1CC1. The van der Waals surface area contributed by atoms with E-state index < -0.39 is 10.0 Å². The van der Waals surface area contributed by atoms with E-state index >= 15 is 0 Å². The summed E-state index contributed by atoms with van der Waals surface area (Å²) in [6.07, 6.45) is 2.29. The van der Waals surface area contributed by atoms with Gasteiger partial charge in [0.25, 0.3) is 0 Å². The molecule has 0 aliphatic heterocycles. The quantitative estimate of drug-likeness (QED) is 0.616. The Morgan fingerprint density at radius 3 is 2.50 bits per heavy atom. The first-order valence-electron chi connectivity index (χ1n) is 7.17. The molecule has 0 aromatic heterocycles. The first kappa shape index (κ1) is 17.4. The normalized spacial score (nSPS) is 16.3. The molecule has 1 atom stereocenters. The fourth-order valence-corrected chi connectivity index (χ4v) is 3.44. The number of benzene rings is 1. The van der Waals surface area contributed by atoms with Gasteiger partial charge < -0.3 is 11.1 Å². The Bertz CT molecular complexity index is 615. The Hall–Kier alpha value is -0.960. The molecule has 0 heterocycles. The second-order valence-electron chi connectivity index (χ2n) is 5.35. The summed E-state index contributed by atoms with van der Waals surface area (Å²) in [6, 6.07) is 6.33. The molecular weight excluding hydrogens is 370 g/mol. The van der Waals surface area contributed by atoms with Crippen LogP contribution in [0.1, 0.15) is 19.3 Å². The van der Waals surface area contributed by atoms with Gasteiger partial charge in [-0.25, -0.2) is 13.1 Å². The lowest BCUT2D eigenvalue weighted by Crippen LogP contribution is -2.42. The summed E-state index contributed by atoms with van der Waals surface area (Å²) in [5, 5.41) is 2.86. The van der Waals surface area contributed by atoms with E-state index in [9.17, 15) is 13.2 Å². The van der Waals surface area contributed by atoms with E-state index in [2.05, 4.69) is 26.0 Å². The largest absolute Gasteiger partial charge is 0.352 e. The maximum absolute atomic E-state index is 12.0. The van der Waals surface area contributed by atoms with Gasteiger partial charge in [-0.1, -0.05) is 15.9 Å². The van der Waals surface area contributed by atoms with Gasteiger partial charge >= 0.3 is 0 Å². The minimum absolute atomic E-state index is 0.00980. The van der Waals surface area contributed by atoms with Crippen molar-refractivity contribution in [1.29, 1.82) is 0 Å². The Morgan fingerprint density at radius 1 is 1.32 bits per heavy atom. The molecule has 22 heavy (non-hydrogen) atoms. The Morgan fingerprint density at radius 2 is 1.95 bits per heavy atom. The summed E-state index contributed by atoms with van der Waals surface area (Å²) in [4.78, 5) is 12.0.